The summed E-state index contributed by atoms with van der Waals surface area (Å²) in [7, 11) is 0. The molecule has 1 aromatic carbocycles. The Morgan fingerprint density at radius 3 is 2.28 bits per heavy atom. The normalized spacial score (nSPS) is 14.1. The molecule has 0 fully saturated rings. The average molecular weight is 828 g/mol. The number of amides is 3. The van der Waals surface area contributed by atoms with Crippen LogP contribution in [0.25, 0.3) is 0 Å². The van der Waals surface area contributed by atoms with Crippen LogP contribution in [-0.4, -0.2) is 122 Å². The fourth-order valence-electron chi connectivity index (χ4n) is 6.26. The second-order valence-electron chi connectivity index (χ2n) is 14.2. The minimum Gasteiger partial charge on any atom is -0.494 e. The first kappa shape index (κ1) is 48.0. The van der Waals surface area contributed by atoms with E-state index < -0.39 is 11.9 Å². The van der Waals surface area contributed by atoms with Crippen LogP contribution in [0.1, 0.15) is 81.8 Å². The molecule has 0 bridgehead atoms. The minimum absolute atomic E-state index is 0.0771. The first-order valence-corrected chi connectivity index (χ1v) is 22.0. The van der Waals surface area contributed by atoms with Gasteiger partial charge in [0.25, 0.3) is 0 Å². The Morgan fingerprint density at radius 2 is 1.59 bits per heavy atom. The van der Waals surface area contributed by atoms with Crippen LogP contribution in [0, 0.1) is 5.92 Å². The number of nitrogens with two attached hydrogens (primary N) is 1. The van der Waals surface area contributed by atoms with Gasteiger partial charge in [0.15, 0.2) is 0 Å². The first-order chi connectivity index (χ1) is 28.2. The fraction of sp³-hybridized carbons (Fsp3) is 0.619. The molecule has 0 radical (unpaired) electrons. The first-order valence-electron chi connectivity index (χ1n) is 20.6. The molecule has 1 atom stereocenters. The Labute approximate surface area is 348 Å². The molecule has 322 valence electrons. The van der Waals surface area contributed by atoms with Gasteiger partial charge in [0.05, 0.1) is 24.8 Å². The second-order valence-corrected chi connectivity index (χ2v) is 15.2. The number of rotatable bonds is 32. The van der Waals surface area contributed by atoms with Crippen molar-refractivity contribution in [3.8, 4) is 5.75 Å². The lowest BCUT2D eigenvalue weighted by molar-refractivity contribution is -0.144. The molecule has 2 heterocycles. The number of carbonyl (C=O) groups is 4. The van der Waals surface area contributed by atoms with E-state index >= 15 is 0 Å². The number of pyridine rings is 1. The largest absolute Gasteiger partial charge is 0.494 e. The van der Waals surface area contributed by atoms with E-state index in [4.69, 9.17) is 19.9 Å². The molecule has 2 aromatic rings. The molecule has 15 nitrogen and oxygen atoms in total. The molecule has 3 amide bonds. The van der Waals surface area contributed by atoms with Gasteiger partial charge in [0.2, 0.25) is 17.7 Å². The molecule has 0 aliphatic carbocycles. The van der Waals surface area contributed by atoms with Crippen molar-refractivity contribution in [1.82, 2.24) is 20.5 Å². The molecule has 0 unspecified atom stereocenters. The zero-order valence-corrected chi connectivity index (χ0v) is 35.0. The molecule has 0 spiro atoms. The van der Waals surface area contributed by atoms with Gasteiger partial charge in [-0.2, -0.15) is 11.8 Å². The van der Waals surface area contributed by atoms with Crippen molar-refractivity contribution in [3.05, 3.63) is 53.7 Å². The molecule has 1 aromatic heterocycles. The Kier molecular flexibility index (Phi) is 24.6. The van der Waals surface area contributed by atoms with Crippen LogP contribution in [0.3, 0.4) is 0 Å². The molecule has 3 rings (SSSR count). The maximum absolute atomic E-state index is 13.4. The Balaban J connectivity index is 1.22. The van der Waals surface area contributed by atoms with Crippen LogP contribution < -0.4 is 26.4 Å². The van der Waals surface area contributed by atoms with Crippen molar-refractivity contribution in [2.45, 2.75) is 83.6 Å². The van der Waals surface area contributed by atoms with Crippen molar-refractivity contribution < 1.29 is 38.5 Å². The molecular formula is C42H65N7O8S. The van der Waals surface area contributed by atoms with Crippen molar-refractivity contribution in [1.29, 1.82) is 0 Å². The summed E-state index contributed by atoms with van der Waals surface area (Å²) in [6, 6.07) is 11.5. The third-order valence-electron chi connectivity index (χ3n) is 9.29. The Hall–Kier alpha value is -4.41. The van der Waals surface area contributed by atoms with Crippen molar-refractivity contribution in [2.24, 2.45) is 16.6 Å². The van der Waals surface area contributed by atoms with E-state index in [2.05, 4.69) is 32.2 Å². The molecule has 0 saturated carbocycles. The highest BCUT2D eigenvalue weighted by Crippen LogP contribution is 2.28. The van der Waals surface area contributed by atoms with Crippen LogP contribution >= 0.6 is 11.8 Å². The van der Waals surface area contributed by atoms with E-state index in [9.17, 15) is 24.3 Å². The number of ether oxygens (including phenoxy) is 3. The number of carboxylic acids is 1. The van der Waals surface area contributed by atoms with E-state index in [-0.39, 0.29) is 37.0 Å². The van der Waals surface area contributed by atoms with Crippen LogP contribution in [0.4, 0.5) is 5.82 Å². The van der Waals surface area contributed by atoms with E-state index in [1.807, 2.05) is 36.4 Å². The Morgan fingerprint density at radius 1 is 0.879 bits per heavy atom. The molecule has 1 aliphatic rings. The average Bonchev–Trinajstić information content (AvgIpc) is 3.33. The summed E-state index contributed by atoms with van der Waals surface area (Å²) in [6.45, 7) is 5.73. The van der Waals surface area contributed by atoms with Gasteiger partial charge in [-0.1, -0.05) is 12.1 Å². The van der Waals surface area contributed by atoms with E-state index in [1.54, 1.807) is 22.9 Å². The predicted molar refractivity (Wildman–Crippen MR) is 228 cm³/mol. The quantitative estimate of drug-likeness (QED) is 0.0395. The molecule has 6 N–H and O–H groups in total. The van der Waals surface area contributed by atoms with Gasteiger partial charge in [0, 0.05) is 91.2 Å². The van der Waals surface area contributed by atoms with E-state index in [0.29, 0.717) is 110 Å². The zero-order chi connectivity index (χ0) is 41.6. The summed E-state index contributed by atoms with van der Waals surface area (Å²) >= 11 is 1.81. The van der Waals surface area contributed by atoms with Crippen LogP contribution in [0.2, 0.25) is 0 Å². The summed E-state index contributed by atoms with van der Waals surface area (Å²) in [5, 5.41) is 18.5. The number of anilines is 1. The lowest BCUT2D eigenvalue weighted by atomic mass is 9.94. The number of thioether (sulfide) groups is 1. The van der Waals surface area contributed by atoms with Crippen LogP contribution in [-0.2, 0) is 41.6 Å². The third-order valence-corrected chi connectivity index (χ3v) is 9.99. The second kappa shape index (κ2) is 29.8. The van der Waals surface area contributed by atoms with Crippen molar-refractivity contribution in [3.63, 3.8) is 0 Å². The number of amidine groups is 1. The topological polar surface area (TPSA) is 207 Å². The van der Waals surface area contributed by atoms with Gasteiger partial charge in [0.1, 0.15) is 11.6 Å². The maximum Gasteiger partial charge on any atom is 0.304 e. The number of aliphatic imine (C=N–C) groups is 1. The summed E-state index contributed by atoms with van der Waals surface area (Å²) in [4.78, 5) is 59.7. The highest BCUT2D eigenvalue weighted by Gasteiger charge is 2.31. The number of benzene rings is 1. The monoisotopic (exact) mass is 827 g/mol. The number of nitrogens with one attached hydrogen (secondary N) is 3. The fourth-order valence-corrected chi connectivity index (χ4v) is 6.69. The maximum atomic E-state index is 13.4. The molecule has 58 heavy (non-hydrogen) atoms. The number of carboxylic acid groups (broad SMARTS) is 1. The molecule has 16 heteroatoms. The van der Waals surface area contributed by atoms with E-state index in [1.165, 1.54) is 0 Å². The number of nitrogens with zero attached hydrogens (tertiary/aromatic N) is 3. The van der Waals surface area contributed by atoms with E-state index in [0.717, 1.165) is 54.8 Å². The summed E-state index contributed by atoms with van der Waals surface area (Å²) in [5.74, 6) is 1.33. The highest BCUT2D eigenvalue weighted by atomic mass is 32.2. The highest BCUT2D eigenvalue weighted by molar-refractivity contribution is 7.98. The van der Waals surface area contributed by atoms with Gasteiger partial charge in [-0.3, -0.25) is 24.2 Å². The van der Waals surface area contributed by atoms with Gasteiger partial charge in [-0.05, 0) is 98.8 Å². The molecule has 0 saturated heterocycles. The number of hydrogen-bond donors (Lipinski definition) is 5. The van der Waals surface area contributed by atoms with Gasteiger partial charge < -0.3 is 45.9 Å². The van der Waals surface area contributed by atoms with Crippen molar-refractivity contribution in [2.75, 3.05) is 83.1 Å². The van der Waals surface area contributed by atoms with Gasteiger partial charge in [-0.15, -0.1) is 0 Å². The SMILES string of the molecule is CSCCCC(N)=NCCCOCCCNC(=O)CCCC(=O)NCCCOCCCN1Cc2cc(OCCCNc3ccccn3)ccc2C[C@@H](CC(=O)O)C1=O. The number of aliphatic carboxylic acids is 1. The minimum atomic E-state index is -0.998. The lowest BCUT2D eigenvalue weighted by Crippen LogP contribution is -2.36. The predicted octanol–water partition coefficient (Wildman–Crippen LogP) is 4.43. The van der Waals surface area contributed by atoms with Gasteiger partial charge >= 0.3 is 5.97 Å². The van der Waals surface area contributed by atoms with Crippen LogP contribution in [0.15, 0.2) is 47.6 Å². The summed E-state index contributed by atoms with van der Waals surface area (Å²) in [6.07, 6.45) is 10.4. The standard InChI is InChI=1S/C42H65N7O8S/c1-58-28-5-11-37(43)44-18-6-23-55-24-7-20-47-39(50)13-4-14-40(51)48-21-8-25-56-26-10-22-49-32-35-30-36(57-27-9-19-46-38-12-2-3-17-45-38)16-15-33(35)29-34(42(49)54)31-41(52)53/h2-3,12,15-17,30,34H,4-11,13-14,18-29,31-32H2,1H3,(H2,43,44)(H,45,46)(H,47,50)(H,48,51)(H,52,53)/t34-/m0/s1. The number of carbonyl (C=O) groups excluding carboxylic acids is 3. The lowest BCUT2D eigenvalue weighted by Gasteiger charge is -2.24. The zero-order valence-electron chi connectivity index (χ0n) is 34.2. The van der Waals surface area contributed by atoms with Gasteiger partial charge in [-0.25, -0.2) is 4.98 Å². The smallest absolute Gasteiger partial charge is 0.304 e. The molecule has 1 aliphatic heterocycles. The summed E-state index contributed by atoms with van der Waals surface area (Å²) in [5.41, 5.74) is 7.81. The van der Waals surface area contributed by atoms with Crippen LogP contribution in [0.5, 0.6) is 5.75 Å². The summed E-state index contributed by atoms with van der Waals surface area (Å²) < 4.78 is 17.4. The number of aromatic nitrogens is 1. The Bertz CT molecular complexity index is 1530. The number of hydrogen-bond acceptors (Lipinski definition) is 11. The third kappa shape index (κ3) is 21.4. The number of fused-ring (bicyclic) bond motifs is 1. The molecular weight excluding hydrogens is 763 g/mol. The van der Waals surface area contributed by atoms with Crippen molar-refractivity contribution >= 4 is 47.1 Å².